The van der Waals surface area contributed by atoms with Crippen LogP contribution in [0.3, 0.4) is 0 Å². The van der Waals surface area contributed by atoms with Gasteiger partial charge in [-0.05, 0) is 51.8 Å². The Bertz CT molecular complexity index is 718. The maximum Gasteiger partial charge on any atom is 0.319 e. The van der Waals surface area contributed by atoms with Gasteiger partial charge in [0.2, 0.25) is 0 Å². The van der Waals surface area contributed by atoms with Crippen molar-refractivity contribution in [1.82, 2.24) is 10.2 Å². The molecule has 1 fully saturated rings. The number of carbonyl (C=O) groups is 3. The molecule has 2 aliphatic heterocycles. The summed E-state index contributed by atoms with van der Waals surface area (Å²) in [6.07, 6.45) is 2.02. The Kier molecular flexibility index (Phi) is 4.51. The summed E-state index contributed by atoms with van der Waals surface area (Å²) in [6, 6.07) is 4.39. The Labute approximate surface area is 146 Å². The van der Waals surface area contributed by atoms with Gasteiger partial charge in [0.05, 0.1) is 17.2 Å². The fourth-order valence-corrected chi connectivity index (χ4v) is 3.11. The van der Waals surface area contributed by atoms with Gasteiger partial charge in [0.1, 0.15) is 0 Å². The quantitative estimate of drug-likeness (QED) is 0.824. The molecule has 1 unspecified atom stereocenters. The first-order valence-electron chi connectivity index (χ1n) is 8.47. The van der Waals surface area contributed by atoms with Crippen LogP contribution in [0.1, 0.15) is 54.3 Å². The molecule has 0 radical (unpaired) electrons. The number of hydrogen-bond acceptors (Lipinski definition) is 4. The Balaban J connectivity index is 1.68. The van der Waals surface area contributed by atoms with E-state index in [0.717, 1.165) is 19.4 Å². The highest BCUT2D eigenvalue weighted by molar-refractivity contribution is 6.22. The van der Waals surface area contributed by atoms with E-state index in [2.05, 4.69) is 10.6 Å². The molecule has 1 saturated heterocycles. The van der Waals surface area contributed by atoms with Crippen molar-refractivity contribution in [3.8, 4) is 0 Å². The van der Waals surface area contributed by atoms with Crippen molar-refractivity contribution in [2.45, 2.75) is 45.3 Å². The zero-order valence-corrected chi connectivity index (χ0v) is 14.7. The van der Waals surface area contributed by atoms with Crippen molar-refractivity contribution in [1.29, 1.82) is 0 Å². The normalized spacial score (nSPS) is 20.0. The molecule has 25 heavy (non-hydrogen) atoms. The topological polar surface area (TPSA) is 87.7 Å². The third-order valence-electron chi connectivity index (χ3n) is 4.33. The average molecular weight is 345 g/mol. The predicted octanol–water partition coefficient (Wildman–Crippen LogP) is 2.38. The van der Waals surface area contributed by atoms with E-state index in [-0.39, 0.29) is 23.9 Å². The number of amides is 4. The number of hydrogen-bond donors (Lipinski definition) is 2. The number of urea groups is 1. The molecule has 4 amide bonds. The SMILES string of the molecule is CC(C)(C)N1C(=O)c2ccc(NC(=O)NCC3CCCO3)cc2C1=O. The van der Waals surface area contributed by atoms with Crippen LogP contribution in [0.4, 0.5) is 10.5 Å². The van der Waals surface area contributed by atoms with Gasteiger partial charge in [-0.2, -0.15) is 0 Å². The monoisotopic (exact) mass is 345 g/mol. The predicted molar refractivity (Wildman–Crippen MR) is 92.7 cm³/mol. The van der Waals surface area contributed by atoms with E-state index in [1.54, 1.807) is 18.2 Å². The Hall–Kier alpha value is -2.41. The van der Waals surface area contributed by atoms with Gasteiger partial charge >= 0.3 is 6.03 Å². The van der Waals surface area contributed by atoms with Crippen LogP contribution in [-0.2, 0) is 4.74 Å². The van der Waals surface area contributed by atoms with Crippen molar-refractivity contribution in [2.75, 3.05) is 18.5 Å². The molecule has 0 aromatic heterocycles. The molecule has 0 spiro atoms. The molecular weight excluding hydrogens is 322 g/mol. The Morgan fingerprint density at radius 2 is 1.96 bits per heavy atom. The van der Waals surface area contributed by atoms with Gasteiger partial charge in [-0.25, -0.2) is 4.79 Å². The summed E-state index contributed by atoms with van der Waals surface area (Å²) in [5, 5.41) is 5.45. The highest BCUT2D eigenvalue weighted by Crippen LogP contribution is 2.30. The largest absolute Gasteiger partial charge is 0.376 e. The maximum absolute atomic E-state index is 12.6. The summed E-state index contributed by atoms with van der Waals surface area (Å²) in [4.78, 5) is 38.2. The molecule has 0 bridgehead atoms. The van der Waals surface area contributed by atoms with Crippen LogP contribution in [0, 0.1) is 0 Å². The smallest absolute Gasteiger partial charge is 0.319 e. The number of ether oxygens (including phenoxy) is 1. The van der Waals surface area contributed by atoms with Crippen molar-refractivity contribution in [3.05, 3.63) is 29.3 Å². The van der Waals surface area contributed by atoms with E-state index in [1.165, 1.54) is 4.90 Å². The third-order valence-corrected chi connectivity index (χ3v) is 4.33. The zero-order valence-electron chi connectivity index (χ0n) is 14.7. The zero-order chi connectivity index (χ0) is 18.2. The van der Waals surface area contributed by atoms with Crippen LogP contribution in [0.5, 0.6) is 0 Å². The summed E-state index contributed by atoms with van der Waals surface area (Å²) < 4.78 is 5.45. The Morgan fingerprint density at radius 3 is 2.60 bits per heavy atom. The maximum atomic E-state index is 12.6. The lowest BCUT2D eigenvalue weighted by Gasteiger charge is -2.29. The van der Waals surface area contributed by atoms with Gasteiger partial charge in [0.15, 0.2) is 0 Å². The van der Waals surface area contributed by atoms with Gasteiger partial charge in [-0.1, -0.05) is 0 Å². The van der Waals surface area contributed by atoms with Crippen molar-refractivity contribution < 1.29 is 19.1 Å². The van der Waals surface area contributed by atoms with E-state index < -0.39 is 5.54 Å². The lowest BCUT2D eigenvalue weighted by atomic mass is 10.1. The lowest BCUT2D eigenvalue weighted by Crippen LogP contribution is -2.45. The van der Waals surface area contributed by atoms with Crippen LogP contribution >= 0.6 is 0 Å². The molecule has 1 aromatic carbocycles. The number of carbonyl (C=O) groups excluding carboxylic acids is 3. The van der Waals surface area contributed by atoms with Crippen molar-refractivity contribution in [3.63, 3.8) is 0 Å². The first-order chi connectivity index (χ1) is 11.8. The molecule has 7 heteroatoms. The summed E-state index contributed by atoms with van der Waals surface area (Å²) in [5.74, 6) is -0.641. The van der Waals surface area contributed by atoms with E-state index in [0.29, 0.717) is 23.4 Å². The number of rotatable bonds is 3. The van der Waals surface area contributed by atoms with Crippen LogP contribution in [0.15, 0.2) is 18.2 Å². The second-order valence-corrected chi connectivity index (χ2v) is 7.35. The van der Waals surface area contributed by atoms with Gasteiger partial charge in [-0.3, -0.25) is 14.5 Å². The van der Waals surface area contributed by atoms with E-state index in [9.17, 15) is 14.4 Å². The van der Waals surface area contributed by atoms with Crippen LogP contribution < -0.4 is 10.6 Å². The number of nitrogens with one attached hydrogen (secondary N) is 2. The van der Waals surface area contributed by atoms with Gasteiger partial charge in [0.25, 0.3) is 11.8 Å². The first-order valence-corrected chi connectivity index (χ1v) is 8.47. The minimum Gasteiger partial charge on any atom is -0.376 e. The van der Waals surface area contributed by atoms with Crippen LogP contribution in [-0.4, -0.2) is 47.5 Å². The minimum atomic E-state index is -0.598. The first kappa shape index (κ1) is 17.4. The van der Waals surface area contributed by atoms with E-state index >= 15 is 0 Å². The molecule has 2 N–H and O–H groups in total. The number of fused-ring (bicyclic) bond motifs is 1. The van der Waals surface area contributed by atoms with Gasteiger partial charge < -0.3 is 15.4 Å². The van der Waals surface area contributed by atoms with Crippen LogP contribution in [0.25, 0.3) is 0 Å². The summed E-state index contributed by atoms with van der Waals surface area (Å²) in [6.45, 7) is 6.62. The highest BCUT2D eigenvalue weighted by atomic mass is 16.5. The minimum absolute atomic E-state index is 0.0605. The molecule has 1 atom stereocenters. The molecule has 1 aromatic rings. The molecule has 3 rings (SSSR count). The number of nitrogens with zero attached hydrogens (tertiary/aromatic N) is 1. The van der Waals surface area contributed by atoms with E-state index in [4.69, 9.17) is 4.74 Å². The molecule has 134 valence electrons. The summed E-state index contributed by atoms with van der Waals surface area (Å²) in [7, 11) is 0. The van der Waals surface area contributed by atoms with Gasteiger partial charge in [0, 0.05) is 24.4 Å². The number of benzene rings is 1. The van der Waals surface area contributed by atoms with Crippen molar-refractivity contribution in [2.24, 2.45) is 0 Å². The fraction of sp³-hybridized carbons (Fsp3) is 0.500. The second-order valence-electron chi connectivity index (χ2n) is 7.35. The molecule has 2 aliphatic rings. The number of anilines is 1. The van der Waals surface area contributed by atoms with Crippen molar-refractivity contribution >= 4 is 23.5 Å². The Morgan fingerprint density at radius 1 is 1.24 bits per heavy atom. The standard InChI is InChI=1S/C18H23N3O4/c1-18(2,3)21-15(22)13-7-6-11(9-14(13)16(21)23)20-17(24)19-10-12-5-4-8-25-12/h6-7,9,12H,4-5,8,10H2,1-3H3,(H2,19,20,24). The average Bonchev–Trinajstić information content (AvgIpc) is 3.12. The highest BCUT2D eigenvalue weighted by Gasteiger charge is 2.41. The molecule has 2 heterocycles. The molecule has 0 saturated carbocycles. The van der Waals surface area contributed by atoms with E-state index in [1.807, 2.05) is 20.8 Å². The number of imide groups is 1. The molecule has 0 aliphatic carbocycles. The summed E-state index contributed by atoms with van der Waals surface area (Å²) in [5.41, 5.74) is 0.557. The second kappa shape index (κ2) is 6.48. The fourth-order valence-electron chi connectivity index (χ4n) is 3.11. The molecular formula is C18H23N3O4. The van der Waals surface area contributed by atoms with Crippen LogP contribution in [0.2, 0.25) is 0 Å². The lowest BCUT2D eigenvalue weighted by molar-refractivity contribution is 0.0507. The third kappa shape index (κ3) is 3.51. The molecule has 7 nitrogen and oxygen atoms in total. The van der Waals surface area contributed by atoms with Gasteiger partial charge in [-0.15, -0.1) is 0 Å². The summed E-state index contributed by atoms with van der Waals surface area (Å²) >= 11 is 0.